The number of aliphatic carboxylic acids is 1. The lowest BCUT2D eigenvalue weighted by molar-refractivity contribution is -0.143. The van der Waals surface area contributed by atoms with Crippen molar-refractivity contribution in [2.24, 2.45) is 5.92 Å². The first kappa shape index (κ1) is 15.5. The third-order valence-corrected chi connectivity index (χ3v) is 3.26. The molecule has 1 aliphatic heterocycles. The lowest BCUT2D eigenvalue weighted by Crippen LogP contribution is -2.49. The van der Waals surface area contributed by atoms with E-state index in [1.165, 1.54) is 4.90 Å². The average Bonchev–Trinajstić information content (AvgIpc) is 2.51. The van der Waals surface area contributed by atoms with Crippen molar-refractivity contribution >= 4 is 17.8 Å². The number of nitrogens with zero attached hydrogens (tertiary/aromatic N) is 1. The van der Waals surface area contributed by atoms with Crippen molar-refractivity contribution in [3.8, 4) is 0 Å². The minimum atomic E-state index is -1.05. The average molecular weight is 270 g/mol. The van der Waals surface area contributed by atoms with Gasteiger partial charge in [0, 0.05) is 13.0 Å². The van der Waals surface area contributed by atoms with Gasteiger partial charge < -0.3 is 15.3 Å². The molecule has 0 aromatic heterocycles. The van der Waals surface area contributed by atoms with Crippen molar-refractivity contribution in [1.29, 1.82) is 0 Å². The summed E-state index contributed by atoms with van der Waals surface area (Å²) in [4.78, 5) is 36.1. The number of rotatable bonds is 5. The lowest BCUT2D eigenvalue weighted by atomic mass is 10.0. The zero-order valence-corrected chi connectivity index (χ0v) is 11.5. The Morgan fingerprint density at radius 3 is 2.58 bits per heavy atom. The van der Waals surface area contributed by atoms with Gasteiger partial charge in [-0.05, 0) is 18.8 Å². The number of carbonyl (C=O) groups excluding carboxylic acids is 2. The zero-order chi connectivity index (χ0) is 14.4. The molecule has 0 saturated carbocycles. The Morgan fingerprint density at radius 1 is 1.32 bits per heavy atom. The topological polar surface area (TPSA) is 86.7 Å². The smallest absolute Gasteiger partial charge is 0.326 e. The minimum absolute atomic E-state index is 0.0240. The Hall–Kier alpha value is -1.59. The van der Waals surface area contributed by atoms with Gasteiger partial charge in [0.1, 0.15) is 6.04 Å². The maximum atomic E-state index is 11.8. The molecule has 0 aromatic rings. The number of hydrogen-bond acceptors (Lipinski definition) is 3. The summed E-state index contributed by atoms with van der Waals surface area (Å²) in [5.74, 6) is -1.67. The van der Waals surface area contributed by atoms with Gasteiger partial charge in [-0.15, -0.1) is 0 Å². The molecule has 1 heterocycles. The number of hydrogen-bond donors (Lipinski definition) is 2. The van der Waals surface area contributed by atoms with E-state index in [1.54, 1.807) is 13.8 Å². The predicted molar refractivity (Wildman–Crippen MR) is 69.5 cm³/mol. The quantitative estimate of drug-likeness (QED) is 0.766. The van der Waals surface area contributed by atoms with E-state index < -0.39 is 17.9 Å². The minimum Gasteiger partial charge on any atom is -0.480 e. The molecule has 19 heavy (non-hydrogen) atoms. The second-order valence-corrected chi connectivity index (χ2v) is 5.25. The number of amides is 2. The van der Waals surface area contributed by atoms with Crippen LogP contribution in [0.3, 0.4) is 0 Å². The van der Waals surface area contributed by atoms with E-state index >= 15 is 0 Å². The van der Waals surface area contributed by atoms with Gasteiger partial charge in [0.15, 0.2) is 0 Å². The first-order chi connectivity index (χ1) is 8.91. The second kappa shape index (κ2) is 7.11. The van der Waals surface area contributed by atoms with Gasteiger partial charge >= 0.3 is 5.97 Å². The van der Waals surface area contributed by atoms with Gasteiger partial charge in [0.05, 0.1) is 6.54 Å². The van der Waals surface area contributed by atoms with Crippen LogP contribution in [-0.4, -0.2) is 46.9 Å². The fourth-order valence-electron chi connectivity index (χ4n) is 2.11. The molecule has 2 amide bonds. The van der Waals surface area contributed by atoms with Gasteiger partial charge in [-0.1, -0.05) is 20.3 Å². The highest BCUT2D eigenvalue weighted by Gasteiger charge is 2.25. The summed E-state index contributed by atoms with van der Waals surface area (Å²) in [6, 6.07) is -0.908. The molecule has 1 rings (SSSR count). The van der Waals surface area contributed by atoms with Crippen molar-refractivity contribution < 1.29 is 19.5 Å². The summed E-state index contributed by atoms with van der Waals surface area (Å²) >= 11 is 0. The van der Waals surface area contributed by atoms with E-state index in [0.717, 1.165) is 19.3 Å². The molecule has 108 valence electrons. The van der Waals surface area contributed by atoms with Crippen molar-refractivity contribution in [1.82, 2.24) is 10.2 Å². The van der Waals surface area contributed by atoms with E-state index in [0.29, 0.717) is 13.0 Å². The molecule has 1 atom stereocenters. The van der Waals surface area contributed by atoms with Crippen LogP contribution in [0.4, 0.5) is 0 Å². The second-order valence-electron chi connectivity index (χ2n) is 5.25. The molecule has 1 saturated heterocycles. The van der Waals surface area contributed by atoms with Crippen LogP contribution in [0.5, 0.6) is 0 Å². The summed E-state index contributed by atoms with van der Waals surface area (Å²) in [6.07, 6.45) is 3.22. The van der Waals surface area contributed by atoms with Crippen LogP contribution in [0.25, 0.3) is 0 Å². The highest BCUT2D eigenvalue weighted by atomic mass is 16.4. The van der Waals surface area contributed by atoms with Gasteiger partial charge in [0.25, 0.3) is 0 Å². The van der Waals surface area contributed by atoms with Gasteiger partial charge in [-0.2, -0.15) is 0 Å². The number of carboxylic acid groups (broad SMARTS) is 1. The molecular formula is C13H22N2O4. The molecule has 6 heteroatoms. The van der Waals surface area contributed by atoms with Crippen LogP contribution in [0, 0.1) is 5.92 Å². The van der Waals surface area contributed by atoms with Crippen molar-refractivity contribution in [2.45, 2.75) is 45.6 Å². The molecule has 0 bridgehead atoms. The maximum absolute atomic E-state index is 11.8. The van der Waals surface area contributed by atoms with Crippen LogP contribution >= 0.6 is 0 Å². The summed E-state index contributed by atoms with van der Waals surface area (Å²) in [5.41, 5.74) is 0. The van der Waals surface area contributed by atoms with Gasteiger partial charge in [-0.25, -0.2) is 4.79 Å². The molecule has 6 nitrogen and oxygen atoms in total. The Morgan fingerprint density at radius 2 is 2.00 bits per heavy atom. The normalized spacial score (nSPS) is 18.1. The molecule has 0 spiro atoms. The highest BCUT2D eigenvalue weighted by Crippen LogP contribution is 2.11. The summed E-state index contributed by atoms with van der Waals surface area (Å²) < 4.78 is 0. The van der Waals surface area contributed by atoms with E-state index in [2.05, 4.69) is 5.32 Å². The number of nitrogens with one attached hydrogen (secondary N) is 1. The zero-order valence-electron chi connectivity index (χ0n) is 11.5. The monoisotopic (exact) mass is 270 g/mol. The molecule has 1 unspecified atom stereocenters. The summed E-state index contributed by atoms with van der Waals surface area (Å²) in [7, 11) is 0. The molecule has 2 N–H and O–H groups in total. The van der Waals surface area contributed by atoms with Crippen LogP contribution < -0.4 is 5.32 Å². The highest BCUT2D eigenvalue weighted by molar-refractivity contribution is 5.88. The Labute approximate surface area is 113 Å². The maximum Gasteiger partial charge on any atom is 0.326 e. The first-order valence-corrected chi connectivity index (χ1v) is 6.71. The first-order valence-electron chi connectivity index (χ1n) is 6.71. The third kappa shape index (κ3) is 4.89. The van der Waals surface area contributed by atoms with Crippen LogP contribution in [0.2, 0.25) is 0 Å². The molecule has 0 radical (unpaired) electrons. The third-order valence-electron chi connectivity index (χ3n) is 3.26. The van der Waals surface area contributed by atoms with Gasteiger partial charge in [0.2, 0.25) is 11.8 Å². The molecule has 1 aliphatic rings. The Bertz CT molecular complexity index is 355. The molecule has 0 aromatic carbocycles. The number of likely N-dealkylation sites (tertiary alicyclic amines) is 1. The Balaban J connectivity index is 2.53. The SMILES string of the molecule is CC(C)C(NC(=O)CN1CCCCCC1=O)C(=O)O. The van der Waals surface area contributed by atoms with Crippen molar-refractivity contribution in [3.05, 3.63) is 0 Å². The summed E-state index contributed by atoms with van der Waals surface area (Å²) in [6.45, 7) is 3.99. The lowest BCUT2D eigenvalue weighted by Gasteiger charge is -2.23. The predicted octanol–water partition coefficient (Wildman–Crippen LogP) is 0.614. The standard InChI is InChI=1S/C13H22N2O4/c1-9(2)12(13(18)19)14-10(16)8-15-7-5-3-4-6-11(15)17/h9,12H,3-8H2,1-2H3,(H,14,16)(H,18,19). The van der Waals surface area contributed by atoms with Crippen LogP contribution in [0.1, 0.15) is 39.5 Å². The van der Waals surface area contributed by atoms with Crippen molar-refractivity contribution in [2.75, 3.05) is 13.1 Å². The van der Waals surface area contributed by atoms with E-state index in [1.807, 2.05) is 0 Å². The van der Waals surface area contributed by atoms with Crippen LogP contribution in [0.15, 0.2) is 0 Å². The molecule has 1 fully saturated rings. The van der Waals surface area contributed by atoms with Crippen LogP contribution in [-0.2, 0) is 14.4 Å². The van der Waals surface area contributed by atoms with Gasteiger partial charge in [-0.3, -0.25) is 9.59 Å². The molecule has 0 aliphatic carbocycles. The van der Waals surface area contributed by atoms with E-state index in [9.17, 15) is 14.4 Å². The molecular weight excluding hydrogens is 248 g/mol. The number of carbonyl (C=O) groups is 3. The van der Waals surface area contributed by atoms with E-state index in [4.69, 9.17) is 5.11 Å². The van der Waals surface area contributed by atoms with Crippen molar-refractivity contribution in [3.63, 3.8) is 0 Å². The fraction of sp³-hybridized carbons (Fsp3) is 0.769. The van der Waals surface area contributed by atoms with E-state index in [-0.39, 0.29) is 18.4 Å². The largest absolute Gasteiger partial charge is 0.480 e. The fourth-order valence-corrected chi connectivity index (χ4v) is 2.11. The number of carboxylic acids is 1. The summed E-state index contributed by atoms with van der Waals surface area (Å²) in [5, 5.41) is 11.5. The Kier molecular flexibility index (Phi) is 5.79.